The number of rotatable bonds is 11. The summed E-state index contributed by atoms with van der Waals surface area (Å²) >= 11 is 1.17. The number of methoxy groups -OCH3 is 2. The molecule has 0 saturated heterocycles. The van der Waals surface area contributed by atoms with Crippen LogP contribution in [0.15, 0.2) is 78.0 Å². The largest absolute Gasteiger partial charge is 0.497 e. The third-order valence-corrected chi connectivity index (χ3v) is 7.36. The second kappa shape index (κ2) is 14.0. The minimum absolute atomic E-state index is 0.0567. The van der Waals surface area contributed by atoms with Gasteiger partial charge in [-0.2, -0.15) is 0 Å². The summed E-state index contributed by atoms with van der Waals surface area (Å²) in [6.45, 7) is 5.52. The van der Waals surface area contributed by atoms with E-state index in [0.29, 0.717) is 27.9 Å². The average Bonchev–Trinajstić information content (AvgIpc) is 2.97. The van der Waals surface area contributed by atoms with Gasteiger partial charge in [0.2, 0.25) is 5.91 Å². The van der Waals surface area contributed by atoms with Crippen LogP contribution in [-0.4, -0.2) is 46.7 Å². The molecule has 0 aliphatic carbocycles. The number of nitrogens with zero attached hydrogens (tertiary/aromatic N) is 3. The fourth-order valence-electron chi connectivity index (χ4n) is 4.43. The van der Waals surface area contributed by atoms with Gasteiger partial charge in [0.25, 0.3) is 5.91 Å². The molecule has 0 aliphatic heterocycles. The number of anilines is 1. The maximum absolute atomic E-state index is 14.9. The minimum Gasteiger partial charge on any atom is -0.497 e. The normalized spacial score (nSPS) is 11.5. The molecular formula is C32H33FN4O4S. The van der Waals surface area contributed by atoms with Crippen molar-refractivity contribution in [3.8, 4) is 11.5 Å². The Morgan fingerprint density at radius 2 is 1.62 bits per heavy atom. The number of aromatic nitrogens is 2. The number of ether oxygens (including phenoxy) is 2. The van der Waals surface area contributed by atoms with Crippen molar-refractivity contribution in [2.75, 3.05) is 25.3 Å². The van der Waals surface area contributed by atoms with E-state index in [2.05, 4.69) is 15.3 Å². The number of hydrogen-bond acceptors (Lipinski definition) is 7. The van der Waals surface area contributed by atoms with Crippen molar-refractivity contribution < 1.29 is 23.5 Å². The Labute approximate surface area is 249 Å². The molecule has 0 aliphatic rings. The van der Waals surface area contributed by atoms with E-state index >= 15 is 0 Å². The Kier molecular flexibility index (Phi) is 10.1. The first-order valence-electron chi connectivity index (χ1n) is 13.3. The lowest BCUT2D eigenvalue weighted by Gasteiger charge is -2.32. The number of hydrogen-bond donors (Lipinski definition) is 1. The molecule has 0 bridgehead atoms. The first-order valence-corrected chi connectivity index (χ1v) is 14.2. The van der Waals surface area contributed by atoms with E-state index in [0.717, 1.165) is 17.0 Å². The minimum atomic E-state index is -1.09. The highest BCUT2D eigenvalue weighted by atomic mass is 32.2. The molecule has 1 unspecified atom stereocenters. The monoisotopic (exact) mass is 588 g/mol. The van der Waals surface area contributed by atoms with Gasteiger partial charge in [-0.05, 0) is 50.6 Å². The van der Waals surface area contributed by atoms with Crippen molar-refractivity contribution >= 4 is 29.3 Å². The Hall–Kier alpha value is -4.44. The average molecular weight is 589 g/mol. The molecule has 1 atom stereocenters. The lowest BCUT2D eigenvalue weighted by molar-refractivity contribution is -0.137. The number of aryl methyl sites for hydroxylation is 3. The zero-order valence-electron chi connectivity index (χ0n) is 24.2. The van der Waals surface area contributed by atoms with E-state index in [1.165, 1.54) is 36.9 Å². The van der Waals surface area contributed by atoms with Crippen molar-refractivity contribution in [3.05, 3.63) is 107 Å². The fourth-order valence-corrected chi connectivity index (χ4v) is 5.26. The van der Waals surface area contributed by atoms with Crippen LogP contribution in [0.3, 0.4) is 0 Å². The summed E-state index contributed by atoms with van der Waals surface area (Å²) in [5.41, 5.74) is 3.81. The third-order valence-electron chi connectivity index (χ3n) is 6.53. The van der Waals surface area contributed by atoms with E-state index in [1.54, 1.807) is 48.5 Å². The molecule has 10 heteroatoms. The van der Waals surface area contributed by atoms with Crippen molar-refractivity contribution in [3.63, 3.8) is 0 Å². The van der Waals surface area contributed by atoms with E-state index in [4.69, 9.17) is 9.47 Å². The summed E-state index contributed by atoms with van der Waals surface area (Å²) in [6.07, 6.45) is 0. The third kappa shape index (κ3) is 7.64. The van der Waals surface area contributed by atoms with Crippen LogP contribution in [0, 0.1) is 26.6 Å². The smallest absolute Gasteiger partial charge is 0.251 e. The molecule has 1 aromatic heterocycles. The highest BCUT2D eigenvalue weighted by Gasteiger charge is 2.33. The van der Waals surface area contributed by atoms with Gasteiger partial charge < -0.3 is 19.7 Å². The summed E-state index contributed by atoms with van der Waals surface area (Å²) in [7, 11) is 3.02. The second-order valence-corrected chi connectivity index (χ2v) is 10.6. The van der Waals surface area contributed by atoms with Crippen LogP contribution in [0.2, 0.25) is 0 Å². The maximum atomic E-state index is 14.9. The summed E-state index contributed by atoms with van der Waals surface area (Å²) in [6, 6.07) is 19.3. The van der Waals surface area contributed by atoms with Crippen LogP contribution in [0.5, 0.6) is 11.5 Å². The first-order chi connectivity index (χ1) is 20.2. The van der Waals surface area contributed by atoms with Gasteiger partial charge in [0.05, 0.1) is 25.7 Å². The molecule has 3 aromatic carbocycles. The Bertz CT molecular complexity index is 1540. The van der Waals surface area contributed by atoms with Crippen LogP contribution in [0.4, 0.5) is 10.1 Å². The van der Waals surface area contributed by atoms with E-state index in [9.17, 15) is 14.0 Å². The van der Waals surface area contributed by atoms with Gasteiger partial charge in [-0.25, -0.2) is 14.4 Å². The summed E-state index contributed by atoms with van der Waals surface area (Å²) < 4.78 is 25.6. The number of carbonyl (C=O) groups is 2. The quantitative estimate of drug-likeness (QED) is 0.168. The standard InChI is InChI=1S/C32H33FN4O4S/c1-20-10-12-23(13-11-20)30(31(39)36-27-15-14-25(40-4)17-28(27)41-5)37(18-24-8-6-7-9-26(24)33)29(38)19-42-32-34-21(2)16-22(3)35-32/h6-17,30H,18-19H2,1-5H3,(H,36,39). The molecule has 42 heavy (non-hydrogen) atoms. The van der Waals surface area contributed by atoms with Gasteiger partial charge in [-0.15, -0.1) is 0 Å². The van der Waals surface area contributed by atoms with Gasteiger partial charge in [-0.3, -0.25) is 9.59 Å². The topological polar surface area (TPSA) is 93.7 Å². The number of benzene rings is 3. The molecule has 2 amide bonds. The summed E-state index contributed by atoms with van der Waals surface area (Å²) in [5, 5.41) is 3.36. The van der Waals surface area contributed by atoms with Crippen molar-refractivity contribution in [1.29, 1.82) is 0 Å². The molecule has 0 radical (unpaired) electrons. The van der Waals surface area contributed by atoms with Crippen molar-refractivity contribution in [2.24, 2.45) is 0 Å². The molecule has 1 N–H and O–H groups in total. The number of thioether (sulfide) groups is 1. The van der Waals surface area contributed by atoms with E-state index in [1.807, 2.05) is 39.0 Å². The molecule has 0 fully saturated rings. The predicted molar refractivity (Wildman–Crippen MR) is 161 cm³/mol. The van der Waals surface area contributed by atoms with Gasteiger partial charge in [0.1, 0.15) is 23.4 Å². The number of halogens is 1. The van der Waals surface area contributed by atoms with Crippen LogP contribution in [-0.2, 0) is 16.1 Å². The molecule has 0 spiro atoms. The Morgan fingerprint density at radius 1 is 0.929 bits per heavy atom. The molecular weight excluding hydrogens is 555 g/mol. The van der Waals surface area contributed by atoms with Crippen LogP contribution in [0.25, 0.3) is 0 Å². The van der Waals surface area contributed by atoms with E-state index < -0.39 is 17.8 Å². The highest BCUT2D eigenvalue weighted by molar-refractivity contribution is 7.99. The number of carbonyl (C=O) groups excluding carboxylic acids is 2. The molecule has 1 heterocycles. The molecule has 4 rings (SSSR count). The first kappa shape index (κ1) is 30.5. The molecule has 4 aromatic rings. The molecule has 0 saturated carbocycles. The molecule has 8 nitrogen and oxygen atoms in total. The van der Waals surface area contributed by atoms with Crippen LogP contribution in [0.1, 0.15) is 34.1 Å². The van der Waals surface area contributed by atoms with Crippen molar-refractivity contribution in [1.82, 2.24) is 14.9 Å². The predicted octanol–water partition coefficient (Wildman–Crippen LogP) is 6.06. The summed E-state index contributed by atoms with van der Waals surface area (Å²) in [5.74, 6) is -0.450. The van der Waals surface area contributed by atoms with E-state index in [-0.39, 0.29) is 23.8 Å². The van der Waals surface area contributed by atoms with Gasteiger partial charge in [0, 0.05) is 29.6 Å². The Morgan fingerprint density at radius 3 is 2.26 bits per heavy atom. The van der Waals surface area contributed by atoms with Gasteiger partial charge in [0.15, 0.2) is 5.16 Å². The summed E-state index contributed by atoms with van der Waals surface area (Å²) in [4.78, 5) is 38.3. The lowest BCUT2D eigenvalue weighted by Crippen LogP contribution is -2.42. The fraction of sp³-hybridized carbons (Fsp3) is 0.250. The van der Waals surface area contributed by atoms with Gasteiger partial charge >= 0.3 is 0 Å². The molecule has 218 valence electrons. The number of nitrogens with one attached hydrogen (secondary N) is 1. The number of amides is 2. The van der Waals surface area contributed by atoms with Crippen molar-refractivity contribution in [2.45, 2.75) is 38.5 Å². The Balaban J connectivity index is 1.74. The maximum Gasteiger partial charge on any atom is 0.251 e. The zero-order chi connectivity index (χ0) is 30.2. The highest BCUT2D eigenvalue weighted by Crippen LogP contribution is 2.32. The van der Waals surface area contributed by atoms with Gasteiger partial charge in [-0.1, -0.05) is 59.8 Å². The van der Waals surface area contributed by atoms with Crippen LogP contribution >= 0.6 is 11.8 Å². The van der Waals surface area contributed by atoms with Crippen LogP contribution < -0.4 is 14.8 Å². The zero-order valence-corrected chi connectivity index (χ0v) is 25.0. The SMILES string of the molecule is COc1ccc(NC(=O)C(c2ccc(C)cc2)N(Cc2ccccc2F)C(=O)CSc2nc(C)cc(C)n2)c(OC)c1. The lowest BCUT2D eigenvalue weighted by atomic mass is 10.0. The second-order valence-electron chi connectivity index (χ2n) is 9.70.